The van der Waals surface area contributed by atoms with Crippen LogP contribution in [0.15, 0.2) is 60.7 Å². The van der Waals surface area contributed by atoms with Gasteiger partial charge in [0.05, 0.1) is 0 Å². The summed E-state index contributed by atoms with van der Waals surface area (Å²) in [6.45, 7) is 8.21. The van der Waals surface area contributed by atoms with Crippen molar-refractivity contribution in [3.05, 3.63) is 66.3 Å². The highest BCUT2D eigenvalue weighted by Gasteiger charge is 1.98. The summed E-state index contributed by atoms with van der Waals surface area (Å²) in [7, 11) is 1.93. The van der Waals surface area contributed by atoms with E-state index in [-0.39, 0.29) is 0 Å². The molecule has 0 amide bonds. The van der Waals surface area contributed by atoms with Crippen molar-refractivity contribution >= 4 is 5.69 Å². The molecular formula is C16H22N2. The minimum Gasteiger partial charge on any atom is -0.388 e. The molecule has 2 heteroatoms. The van der Waals surface area contributed by atoms with Crippen molar-refractivity contribution in [1.29, 1.82) is 0 Å². The fraction of sp³-hybridized carbons (Fsp3) is 0.250. The van der Waals surface area contributed by atoms with Crippen LogP contribution in [0.25, 0.3) is 0 Å². The average molecular weight is 242 g/mol. The molecule has 0 heterocycles. The number of nitrogens with two attached hydrogens (primary N) is 1. The predicted molar refractivity (Wildman–Crippen MR) is 80.8 cm³/mol. The summed E-state index contributed by atoms with van der Waals surface area (Å²) in [5.74, 6) is 0. The van der Waals surface area contributed by atoms with Gasteiger partial charge in [0, 0.05) is 19.3 Å². The second-order valence-corrected chi connectivity index (χ2v) is 4.24. The molecule has 0 bridgehead atoms. The van der Waals surface area contributed by atoms with Crippen LogP contribution in [0.1, 0.15) is 12.0 Å². The topological polar surface area (TPSA) is 38.0 Å². The average Bonchev–Trinajstić information content (AvgIpc) is 2.43. The summed E-state index contributed by atoms with van der Waals surface area (Å²) in [4.78, 5) is 0. The van der Waals surface area contributed by atoms with Crippen molar-refractivity contribution in [2.75, 3.05) is 18.9 Å². The molecule has 0 fully saturated rings. The summed E-state index contributed by atoms with van der Waals surface area (Å²) < 4.78 is 0. The van der Waals surface area contributed by atoms with E-state index in [4.69, 9.17) is 5.73 Å². The van der Waals surface area contributed by atoms with E-state index in [2.05, 4.69) is 42.7 Å². The molecule has 0 radical (unpaired) electrons. The number of nitrogens with one attached hydrogen (secondary N) is 1. The third kappa shape index (κ3) is 4.60. The maximum Gasteiger partial charge on any atom is 0.0340 e. The fourth-order valence-electron chi connectivity index (χ4n) is 1.73. The molecule has 0 unspecified atom stereocenters. The van der Waals surface area contributed by atoms with Crippen LogP contribution < -0.4 is 11.1 Å². The first-order valence-electron chi connectivity index (χ1n) is 6.17. The zero-order chi connectivity index (χ0) is 13.4. The molecule has 3 N–H and O–H groups in total. The van der Waals surface area contributed by atoms with Gasteiger partial charge in [-0.3, -0.25) is 0 Å². The van der Waals surface area contributed by atoms with Crippen molar-refractivity contribution in [3.8, 4) is 0 Å². The minimum atomic E-state index is 0.493. The van der Waals surface area contributed by atoms with E-state index in [0.29, 0.717) is 6.54 Å². The SMILES string of the molecule is C=C/C(=C\C(=C)CN)CCc1cccc(NC)c1. The van der Waals surface area contributed by atoms with Crippen LogP contribution in [-0.4, -0.2) is 13.6 Å². The zero-order valence-electron chi connectivity index (χ0n) is 11.1. The Morgan fingerprint density at radius 2 is 2.22 bits per heavy atom. The van der Waals surface area contributed by atoms with Crippen LogP contribution in [0, 0.1) is 0 Å². The highest BCUT2D eigenvalue weighted by atomic mass is 14.8. The molecular weight excluding hydrogens is 220 g/mol. The van der Waals surface area contributed by atoms with E-state index in [1.165, 1.54) is 11.1 Å². The number of allylic oxidation sites excluding steroid dienone is 2. The van der Waals surface area contributed by atoms with Crippen LogP contribution >= 0.6 is 0 Å². The zero-order valence-corrected chi connectivity index (χ0v) is 11.1. The van der Waals surface area contributed by atoms with E-state index < -0.39 is 0 Å². The van der Waals surface area contributed by atoms with Crippen molar-refractivity contribution in [3.63, 3.8) is 0 Å². The molecule has 96 valence electrons. The van der Waals surface area contributed by atoms with Crippen LogP contribution in [0.3, 0.4) is 0 Å². The smallest absolute Gasteiger partial charge is 0.0340 e. The Bertz CT molecular complexity index is 444. The maximum atomic E-state index is 5.53. The summed E-state index contributed by atoms with van der Waals surface area (Å²) in [6, 6.07) is 8.43. The molecule has 1 aromatic carbocycles. The molecule has 0 aromatic heterocycles. The van der Waals surface area contributed by atoms with Crippen LogP contribution in [0.2, 0.25) is 0 Å². The number of rotatable bonds is 7. The van der Waals surface area contributed by atoms with E-state index in [1.54, 1.807) is 0 Å². The number of hydrogen-bond acceptors (Lipinski definition) is 2. The van der Waals surface area contributed by atoms with Gasteiger partial charge in [-0.05, 0) is 41.7 Å². The summed E-state index contributed by atoms with van der Waals surface area (Å²) in [5, 5.41) is 3.14. The Balaban J connectivity index is 2.65. The molecule has 2 nitrogen and oxygen atoms in total. The number of anilines is 1. The molecule has 0 saturated heterocycles. The molecule has 18 heavy (non-hydrogen) atoms. The third-order valence-corrected chi connectivity index (χ3v) is 2.83. The maximum absolute atomic E-state index is 5.53. The second-order valence-electron chi connectivity index (χ2n) is 4.24. The largest absolute Gasteiger partial charge is 0.388 e. The molecule has 0 aliphatic carbocycles. The predicted octanol–water partition coefficient (Wildman–Crippen LogP) is 3.29. The van der Waals surface area contributed by atoms with Crippen LogP contribution in [0.4, 0.5) is 5.69 Å². The van der Waals surface area contributed by atoms with E-state index >= 15 is 0 Å². The molecule has 0 saturated carbocycles. The quantitative estimate of drug-likeness (QED) is 0.720. The summed E-state index contributed by atoms with van der Waals surface area (Å²) >= 11 is 0. The number of hydrogen-bond donors (Lipinski definition) is 2. The lowest BCUT2D eigenvalue weighted by molar-refractivity contribution is 0.962. The van der Waals surface area contributed by atoms with Gasteiger partial charge in [0.1, 0.15) is 0 Å². The Morgan fingerprint density at radius 1 is 1.44 bits per heavy atom. The fourth-order valence-corrected chi connectivity index (χ4v) is 1.73. The van der Waals surface area contributed by atoms with E-state index in [1.807, 2.05) is 19.2 Å². The van der Waals surface area contributed by atoms with Crippen molar-refractivity contribution in [1.82, 2.24) is 0 Å². The molecule has 0 aliphatic heterocycles. The Labute approximate surface area is 110 Å². The molecule has 1 aromatic rings. The van der Waals surface area contributed by atoms with Gasteiger partial charge in [-0.2, -0.15) is 0 Å². The van der Waals surface area contributed by atoms with Crippen LogP contribution in [0.5, 0.6) is 0 Å². The van der Waals surface area contributed by atoms with Crippen molar-refractivity contribution in [2.24, 2.45) is 5.73 Å². The first-order chi connectivity index (χ1) is 8.69. The van der Waals surface area contributed by atoms with Gasteiger partial charge < -0.3 is 11.1 Å². The van der Waals surface area contributed by atoms with E-state index in [0.717, 1.165) is 24.1 Å². The Hall–Kier alpha value is -1.80. The second kappa shape index (κ2) is 7.51. The van der Waals surface area contributed by atoms with Gasteiger partial charge >= 0.3 is 0 Å². The van der Waals surface area contributed by atoms with Crippen molar-refractivity contribution < 1.29 is 0 Å². The molecule has 0 atom stereocenters. The molecule has 1 rings (SSSR count). The van der Waals surface area contributed by atoms with Gasteiger partial charge in [-0.15, -0.1) is 0 Å². The standard InChI is InChI=1S/C16H22N2/c1-4-14(10-13(2)12-17)8-9-15-6-5-7-16(11-15)18-3/h4-7,10-11,18H,1-2,8-9,12,17H2,3H3/b14-10+. The van der Waals surface area contributed by atoms with Gasteiger partial charge in [0.15, 0.2) is 0 Å². The third-order valence-electron chi connectivity index (χ3n) is 2.83. The number of aryl methyl sites for hydroxylation is 1. The first-order valence-corrected chi connectivity index (χ1v) is 6.17. The highest BCUT2D eigenvalue weighted by molar-refractivity contribution is 5.45. The minimum absolute atomic E-state index is 0.493. The van der Waals surface area contributed by atoms with Crippen molar-refractivity contribution in [2.45, 2.75) is 12.8 Å². The summed E-state index contributed by atoms with van der Waals surface area (Å²) in [5.41, 5.74) is 10.1. The lowest BCUT2D eigenvalue weighted by atomic mass is 10.0. The van der Waals surface area contributed by atoms with Gasteiger partial charge in [-0.25, -0.2) is 0 Å². The highest BCUT2D eigenvalue weighted by Crippen LogP contribution is 2.15. The van der Waals surface area contributed by atoms with E-state index in [9.17, 15) is 0 Å². The Kier molecular flexibility index (Phi) is 5.95. The monoisotopic (exact) mass is 242 g/mol. The Morgan fingerprint density at radius 3 is 2.83 bits per heavy atom. The summed E-state index contributed by atoms with van der Waals surface area (Å²) in [6.07, 6.45) is 5.85. The molecule has 0 aliphatic rings. The number of benzene rings is 1. The molecule has 0 spiro atoms. The lowest BCUT2D eigenvalue weighted by Gasteiger charge is -2.06. The lowest BCUT2D eigenvalue weighted by Crippen LogP contribution is -2.00. The van der Waals surface area contributed by atoms with Gasteiger partial charge in [-0.1, -0.05) is 37.4 Å². The van der Waals surface area contributed by atoms with Crippen LogP contribution in [-0.2, 0) is 6.42 Å². The van der Waals surface area contributed by atoms with Gasteiger partial charge in [0.2, 0.25) is 0 Å². The first kappa shape index (κ1) is 14.3. The normalized spacial score (nSPS) is 11.1. The van der Waals surface area contributed by atoms with Gasteiger partial charge in [0.25, 0.3) is 0 Å².